The fourth-order valence-corrected chi connectivity index (χ4v) is 2.63. The largest absolute Gasteiger partial charge is 0.497 e. The van der Waals surface area contributed by atoms with Crippen LogP contribution in [0.3, 0.4) is 0 Å². The van der Waals surface area contributed by atoms with E-state index in [9.17, 15) is 9.59 Å². The number of hydrogen-bond acceptors (Lipinski definition) is 5. The number of carbonyl (C=O) groups excluding carboxylic acids is 2. The van der Waals surface area contributed by atoms with Gasteiger partial charge in [-0.05, 0) is 23.8 Å². The van der Waals surface area contributed by atoms with E-state index in [0.29, 0.717) is 36.6 Å². The second-order valence-electron chi connectivity index (χ2n) is 5.57. The molecule has 0 bridgehead atoms. The molecule has 6 heteroatoms. The molecule has 1 aliphatic heterocycles. The summed E-state index contributed by atoms with van der Waals surface area (Å²) in [5, 5.41) is 2.73. The molecule has 130 valence electrons. The van der Waals surface area contributed by atoms with Crippen LogP contribution in [0.5, 0.6) is 11.5 Å². The third-order valence-corrected chi connectivity index (χ3v) is 3.90. The number of rotatable bonds is 6. The van der Waals surface area contributed by atoms with Crippen molar-refractivity contribution in [1.29, 1.82) is 0 Å². The lowest BCUT2D eigenvalue weighted by atomic mass is 9.98. The SMILES string of the molecule is COc1cccc(OCCNC(=O)C2Cc3ccccc3C(=O)O2)c1. The Morgan fingerprint density at radius 3 is 2.84 bits per heavy atom. The first-order valence-corrected chi connectivity index (χ1v) is 8.01. The molecule has 0 spiro atoms. The molecule has 25 heavy (non-hydrogen) atoms. The molecule has 2 aromatic carbocycles. The number of amides is 1. The summed E-state index contributed by atoms with van der Waals surface area (Å²) in [5.74, 6) is 0.577. The molecule has 1 unspecified atom stereocenters. The smallest absolute Gasteiger partial charge is 0.339 e. The molecule has 1 atom stereocenters. The average molecular weight is 341 g/mol. The van der Waals surface area contributed by atoms with E-state index in [0.717, 1.165) is 5.56 Å². The predicted molar refractivity (Wildman–Crippen MR) is 90.8 cm³/mol. The van der Waals surface area contributed by atoms with E-state index < -0.39 is 12.1 Å². The highest BCUT2D eigenvalue weighted by Crippen LogP contribution is 2.21. The van der Waals surface area contributed by atoms with Crippen LogP contribution in [0, 0.1) is 0 Å². The Morgan fingerprint density at radius 1 is 1.20 bits per heavy atom. The van der Waals surface area contributed by atoms with Crippen molar-refractivity contribution in [3.8, 4) is 11.5 Å². The number of cyclic esters (lactones) is 1. The molecule has 0 saturated carbocycles. The highest BCUT2D eigenvalue weighted by atomic mass is 16.5. The van der Waals surface area contributed by atoms with Gasteiger partial charge in [-0.1, -0.05) is 24.3 Å². The van der Waals surface area contributed by atoms with E-state index in [1.165, 1.54) is 0 Å². The van der Waals surface area contributed by atoms with Crippen LogP contribution < -0.4 is 14.8 Å². The fraction of sp³-hybridized carbons (Fsp3) is 0.263. The molecule has 1 aliphatic rings. The van der Waals surface area contributed by atoms with Crippen LogP contribution in [0.4, 0.5) is 0 Å². The Morgan fingerprint density at radius 2 is 2.00 bits per heavy atom. The minimum absolute atomic E-state index is 0.302. The number of hydrogen-bond donors (Lipinski definition) is 1. The lowest BCUT2D eigenvalue weighted by Crippen LogP contribution is -2.43. The molecule has 2 aromatic rings. The van der Waals surface area contributed by atoms with Gasteiger partial charge in [-0.2, -0.15) is 0 Å². The Labute approximate surface area is 145 Å². The van der Waals surface area contributed by atoms with E-state index in [4.69, 9.17) is 14.2 Å². The minimum atomic E-state index is -0.806. The summed E-state index contributed by atoms with van der Waals surface area (Å²) in [4.78, 5) is 24.1. The van der Waals surface area contributed by atoms with Crippen molar-refractivity contribution in [2.24, 2.45) is 0 Å². The molecule has 1 amide bonds. The van der Waals surface area contributed by atoms with E-state index >= 15 is 0 Å². The quantitative estimate of drug-likeness (QED) is 0.642. The van der Waals surface area contributed by atoms with Crippen molar-refractivity contribution in [2.45, 2.75) is 12.5 Å². The van der Waals surface area contributed by atoms with E-state index in [1.807, 2.05) is 30.3 Å². The van der Waals surface area contributed by atoms with Gasteiger partial charge in [-0.3, -0.25) is 4.79 Å². The number of esters is 1. The third kappa shape index (κ3) is 4.09. The van der Waals surface area contributed by atoms with Gasteiger partial charge < -0.3 is 19.5 Å². The van der Waals surface area contributed by atoms with Crippen LogP contribution in [0.2, 0.25) is 0 Å². The van der Waals surface area contributed by atoms with Crippen molar-refractivity contribution in [3.05, 3.63) is 59.7 Å². The lowest BCUT2D eigenvalue weighted by Gasteiger charge is -2.23. The number of benzene rings is 2. The average Bonchev–Trinajstić information content (AvgIpc) is 2.65. The van der Waals surface area contributed by atoms with E-state index in [2.05, 4.69) is 5.32 Å². The first-order valence-electron chi connectivity index (χ1n) is 8.01. The Bertz CT molecular complexity index is 774. The van der Waals surface area contributed by atoms with Gasteiger partial charge in [0, 0.05) is 12.5 Å². The summed E-state index contributed by atoms with van der Waals surface area (Å²) in [6.45, 7) is 0.613. The second kappa shape index (κ2) is 7.70. The topological polar surface area (TPSA) is 73.9 Å². The Balaban J connectivity index is 1.48. The molecule has 0 fully saturated rings. The van der Waals surface area contributed by atoms with Gasteiger partial charge in [-0.25, -0.2) is 4.79 Å². The summed E-state index contributed by atoms with van der Waals surface area (Å²) < 4.78 is 15.9. The van der Waals surface area contributed by atoms with E-state index in [1.54, 1.807) is 25.3 Å². The molecule has 1 N–H and O–H groups in total. The highest BCUT2D eigenvalue weighted by molar-refractivity contribution is 5.95. The van der Waals surface area contributed by atoms with Gasteiger partial charge in [0.25, 0.3) is 5.91 Å². The van der Waals surface area contributed by atoms with Gasteiger partial charge in [0.2, 0.25) is 0 Å². The van der Waals surface area contributed by atoms with Gasteiger partial charge >= 0.3 is 5.97 Å². The Kier molecular flexibility index (Phi) is 5.18. The number of ether oxygens (including phenoxy) is 3. The van der Waals surface area contributed by atoms with Crippen molar-refractivity contribution >= 4 is 11.9 Å². The van der Waals surface area contributed by atoms with E-state index in [-0.39, 0.29) is 5.91 Å². The molecule has 1 heterocycles. The second-order valence-corrected chi connectivity index (χ2v) is 5.57. The van der Waals surface area contributed by atoms with Crippen LogP contribution in [0.25, 0.3) is 0 Å². The van der Waals surface area contributed by atoms with Gasteiger partial charge in [0.15, 0.2) is 6.10 Å². The van der Waals surface area contributed by atoms with Crippen molar-refractivity contribution in [3.63, 3.8) is 0 Å². The lowest BCUT2D eigenvalue weighted by molar-refractivity contribution is -0.130. The number of nitrogens with one attached hydrogen (secondary N) is 1. The third-order valence-electron chi connectivity index (χ3n) is 3.90. The standard InChI is InChI=1S/C19H19NO5/c1-23-14-6-4-7-15(12-14)24-10-9-20-18(21)17-11-13-5-2-3-8-16(13)19(22)25-17/h2-8,12,17H,9-11H2,1H3,(H,20,21). The highest BCUT2D eigenvalue weighted by Gasteiger charge is 2.30. The normalized spacial score (nSPS) is 15.7. The van der Waals surface area contributed by atoms with Gasteiger partial charge in [0.05, 0.1) is 19.2 Å². The zero-order chi connectivity index (χ0) is 17.6. The zero-order valence-corrected chi connectivity index (χ0v) is 13.9. The zero-order valence-electron chi connectivity index (χ0n) is 13.9. The van der Waals surface area contributed by atoms with Gasteiger partial charge in [0.1, 0.15) is 18.1 Å². The van der Waals surface area contributed by atoms with Crippen molar-refractivity contribution < 1.29 is 23.8 Å². The molecular formula is C19H19NO5. The van der Waals surface area contributed by atoms with Crippen LogP contribution in [-0.2, 0) is 16.0 Å². The van der Waals surface area contributed by atoms with Crippen LogP contribution in [-0.4, -0.2) is 38.2 Å². The molecular weight excluding hydrogens is 322 g/mol. The monoisotopic (exact) mass is 341 g/mol. The van der Waals surface area contributed by atoms with Crippen LogP contribution in [0.1, 0.15) is 15.9 Å². The molecule has 0 aliphatic carbocycles. The fourth-order valence-electron chi connectivity index (χ4n) is 2.63. The maximum atomic E-state index is 12.2. The van der Waals surface area contributed by atoms with Gasteiger partial charge in [-0.15, -0.1) is 0 Å². The maximum Gasteiger partial charge on any atom is 0.339 e. The molecule has 3 rings (SSSR count). The minimum Gasteiger partial charge on any atom is -0.497 e. The summed E-state index contributed by atoms with van der Waals surface area (Å²) in [6.07, 6.45) is -0.427. The van der Waals surface area contributed by atoms with Crippen molar-refractivity contribution in [2.75, 3.05) is 20.3 Å². The van der Waals surface area contributed by atoms with Crippen molar-refractivity contribution in [1.82, 2.24) is 5.32 Å². The molecule has 0 radical (unpaired) electrons. The number of fused-ring (bicyclic) bond motifs is 1. The molecule has 6 nitrogen and oxygen atoms in total. The van der Waals surface area contributed by atoms with Crippen LogP contribution >= 0.6 is 0 Å². The Hall–Kier alpha value is -3.02. The number of carbonyl (C=O) groups is 2. The summed E-state index contributed by atoms with van der Waals surface area (Å²) in [5.41, 5.74) is 1.35. The van der Waals surface area contributed by atoms with Crippen LogP contribution in [0.15, 0.2) is 48.5 Å². The number of methoxy groups -OCH3 is 1. The summed E-state index contributed by atoms with van der Waals surface area (Å²) in [6, 6.07) is 14.4. The summed E-state index contributed by atoms with van der Waals surface area (Å²) >= 11 is 0. The first kappa shape index (κ1) is 16.8. The first-order chi connectivity index (χ1) is 12.2. The predicted octanol–water partition coefficient (Wildman–Crippen LogP) is 1.97. The molecule has 0 saturated heterocycles. The summed E-state index contributed by atoms with van der Waals surface area (Å²) in [7, 11) is 1.59. The molecule has 0 aromatic heterocycles. The maximum absolute atomic E-state index is 12.2.